The molecule has 3 atom stereocenters. The first-order chi connectivity index (χ1) is 8.61. The van der Waals surface area contributed by atoms with Gasteiger partial charge in [0, 0.05) is 7.11 Å². The molecule has 1 saturated carbocycles. The lowest BCUT2D eigenvalue weighted by Gasteiger charge is -2.34. The Labute approximate surface area is 109 Å². The molecule has 5 nitrogen and oxygen atoms in total. The predicted molar refractivity (Wildman–Crippen MR) is 65.1 cm³/mol. The van der Waals surface area contributed by atoms with Gasteiger partial charge in [0.15, 0.2) is 11.6 Å². The maximum atomic E-state index is 13.5. The second kappa shape index (κ2) is 5.77. The molecule has 100 valence electrons. The van der Waals surface area contributed by atoms with Crippen molar-refractivity contribution in [2.24, 2.45) is 0 Å². The first kappa shape index (κ1) is 13.5. The van der Waals surface area contributed by atoms with Crippen LogP contribution in [0.15, 0.2) is 6.20 Å². The fourth-order valence-electron chi connectivity index (χ4n) is 2.18. The summed E-state index contributed by atoms with van der Waals surface area (Å²) in [5.74, 6) is -0.582. The Balaban J connectivity index is 2.10. The van der Waals surface area contributed by atoms with Crippen molar-refractivity contribution in [2.45, 2.75) is 37.5 Å². The fourth-order valence-corrected chi connectivity index (χ4v) is 2.31. The summed E-state index contributed by atoms with van der Waals surface area (Å²) in [5.41, 5.74) is 0. The number of aromatic nitrogens is 2. The van der Waals surface area contributed by atoms with Gasteiger partial charge in [-0.3, -0.25) is 0 Å². The first-order valence-corrected chi connectivity index (χ1v) is 6.15. The van der Waals surface area contributed by atoms with E-state index in [0.29, 0.717) is 0 Å². The number of hydrogen-bond acceptors (Lipinski definition) is 5. The normalized spacial score (nSPS) is 28.1. The average Bonchev–Trinajstić information content (AvgIpc) is 2.36. The summed E-state index contributed by atoms with van der Waals surface area (Å²) in [6.07, 6.45) is 2.48. The summed E-state index contributed by atoms with van der Waals surface area (Å²) in [4.78, 5) is 7.30. The van der Waals surface area contributed by atoms with Crippen LogP contribution < -0.4 is 5.32 Å². The van der Waals surface area contributed by atoms with E-state index in [4.69, 9.17) is 16.3 Å². The van der Waals surface area contributed by atoms with Crippen molar-refractivity contribution in [1.82, 2.24) is 9.97 Å². The minimum Gasteiger partial charge on any atom is -0.388 e. The van der Waals surface area contributed by atoms with Crippen LogP contribution in [0.4, 0.5) is 10.2 Å². The lowest BCUT2D eigenvalue weighted by molar-refractivity contribution is -0.0421. The quantitative estimate of drug-likeness (QED) is 0.821. The van der Waals surface area contributed by atoms with Crippen LogP contribution >= 0.6 is 11.6 Å². The van der Waals surface area contributed by atoms with Crippen LogP contribution in [0.25, 0.3) is 0 Å². The third-order valence-electron chi connectivity index (χ3n) is 3.14. The van der Waals surface area contributed by atoms with Crippen molar-refractivity contribution in [1.29, 1.82) is 0 Å². The summed E-state index contributed by atoms with van der Waals surface area (Å²) in [6, 6.07) is -0.302. The van der Waals surface area contributed by atoms with Gasteiger partial charge >= 0.3 is 0 Å². The summed E-state index contributed by atoms with van der Waals surface area (Å²) in [6.45, 7) is 0. The molecule has 0 unspecified atom stereocenters. The molecular weight excluding hydrogens is 261 g/mol. The SMILES string of the molecule is CO[C@@H]1CCC[C@H](Nc2nc(Cl)ncc2F)[C@H]1O. The number of ether oxygens (including phenoxy) is 1. The molecule has 1 aliphatic carbocycles. The number of aliphatic hydroxyl groups excluding tert-OH is 1. The Kier molecular flexibility index (Phi) is 4.31. The molecule has 1 aromatic rings. The molecule has 7 heteroatoms. The molecule has 0 radical (unpaired) electrons. The standard InChI is InChI=1S/C11H15ClFN3O2/c1-18-8-4-2-3-7(9(8)17)15-10-6(13)5-14-11(12)16-10/h5,7-9,17H,2-4H2,1H3,(H,14,15,16)/t7-,8+,9+/m0/s1. The third kappa shape index (κ3) is 2.88. The summed E-state index contributed by atoms with van der Waals surface area (Å²) in [5, 5.41) is 12.9. The van der Waals surface area contributed by atoms with E-state index < -0.39 is 11.9 Å². The number of methoxy groups -OCH3 is 1. The molecule has 18 heavy (non-hydrogen) atoms. The maximum absolute atomic E-state index is 13.5. The minimum atomic E-state index is -0.697. The van der Waals surface area contributed by atoms with Gasteiger partial charge in [0.2, 0.25) is 5.28 Å². The van der Waals surface area contributed by atoms with E-state index >= 15 is 0 Å². The van der Waals surface area contributed by atoms with E-state index in [0.717, 1.165) is 25.5 Å². The Bertz CT molecular complexity index is 421. The fraction of sp³-hybridized carbons (Fsp3) is 0.636. The number of anilines is 1. The molecular formula is C11H15ClFN3O2. The van der Waals surface area contributed by atoms with Gasteiger partial charge < -0.3 is 15.2 Å². The van der Waals surface area contributed by atoms with Crippen LogP contribution in [0.2, 0.25) is 5.28 Å². The summed E-state index contributed by atoms with van der Waals surface area (Å²) < 4.78 is 18.7. The Morgan fingerprint density at radius 3 is 3.06 bits per heavy atom. The highest BCUT2D eigenvalue weighted by Crippen LogP contribution is 2.25. The van der Waals surface area contributed by atoms with E-state index in [1.807, 2.05) is 0 Å². The summed E-state index contributed by atoms with van der Waals surface area (Å²) >= 11 is 5.61. The van der Waals surface area contributed by atoms with Crippen molar-refractivity contribution in [3.8, 4) is 0 Å². The molecule has 0 aromatic carbocycles. The number of rotatable bonds is 3. The molecule has 0 spiro atoms. The minimum absolute atomic E-state index is 0.0100. The second-order valence-electron chi connectivity index (χ2n) is 4.28. The molecule has 0 bridgehead atoms. The number of aliphatic hydroxyl groups is 1. The maximum Gasteiger partial charge on any atom is 0.224 e. The molecule has 2 N–H and O–H groups in total. The lowest BCUT2D eigenvalue weighted by atomic mass is 9.90. The highest BCUT2D eigenvalue weighted by Gasteiger charge is 2.32. The zero-order valence-electron chi connectivity index (χ0n) is 9.94. The zero-order valence-corrected chi connectivity index (χ0v) is 10.7. The van der Waals surface area contributed by atoms with Crippen molar-refractivity contribution in [2.75, 3.05) is 12.4 Å². The topological polar surface area (TPSA) is 67.3 Å². The first-order valence-electron chi connectivity index (χ1n) is 5.77. The van der Waals surface area contributed by atoms with Crippen LogP contribution in [0, 0.1) is 5.82 Å². The molecule has 2 rings (SSSR count). The van der Waals surface area contributed by atoms with Gasteiger partial charge in [0.05, 0.1) is 18.3 Å². The largest absolute Gasteiger partial charge is 0.388 e. The van der Waals surface area contributed by atoms with Gasteiger partial charge in [0.25, 0.3) is 0 Å². The van der Waals surface area contributed by atoms with Crippen molar-refractivity contribution >= 4 is 17.4 Å². The molecule has 0 saturated heterocycles. The monoisotopic (exact) mass is 275 g/mol. The van der Waals surface area contributed by atoms with Gasteiger partial charge in [-0.15, -0.1) is 0 Å². The van der Waals surface area contributed by atoms with Crippen LogP contribution in [-0.4, -0.2) is 40.4 Å². The molecule has 1 aliphatic rings. The van der Waals surface area contributed by atoms with E-state index in [1.165, 1.54) is 0 Å². The average molecular weight is 276 g/mol. The van der Waals surface area contributed by atoms with Gasteiger partial charge in [-0.05, 0) is 30.9 Å². The number of halogens is 2. The Morgan fingerprint density at radius 1 is 1.56 bits per heavy atom. The Morgan fingerprint density at radius 2 is 2.33 bits per heavy atom. The number of nitrogens with one attached hydrogen (secondary N) is 1. The van der Waals surface area contributed by atoms with Gasteiger partial charge in [0.1, 0.15) is 6.10 Å². The Hall–Kier alpha value is -0.980. The molecule has 1 fully saturated rings. The summed E-state index contributed by atoms with van der Waals surface area (Å²) in [7, 11) is 1.55. The van der Waals surface area contributed by atoms with Gasteiger partial charge in [-0.1, -0.05) is 0 Å². The van der Waals surface area contributed by atoms with Crippen molar-refractivity contribution in [3.63, 3.8) is 0 Å². The molecule has 1 heterocycles. The molecule has 1 aromatic heterocycles. The zero-order chi connectivity index (χ0) is 13.1. The van der Waals surface area contributed by atoms with Crippen LogP contribution in [0.1, 0.15) is 19.3 Å². The molecule has 0 amide bonds. The number of hydrogen-bond donors (Lipinski definition) is 2. The third-order valence-corrected chi connectivity index (χ3v) is 3.32. The smallest absolute Gasteiger partial charge is 0.224 e. The van der Waals surface area contributed by atoms with E-state index in [9.17, 15) is 9.50 Å². The van der Waals surface area contributed by atoms with Gasteiger partial charge in [-0.25, -0.2) is 9.37 Å². The van der Waals surface area contributed by atoms with E-state index in [2.05, 4.69) is 15.3 Å². The highest BCUT2D eigenvalue weighted by atomic mass is 35.5. The van der Waals surface area contributed by atoms with Crippen molar-refractivity contribution < 1.29 is 14.2 Å². The number of nitrogens with zero attached hydrogens (tertiary/aromatic N) is 2. The van der Waals surface area contributed by atoms with Crippen LogP contribution in [0.3, 0.4) is 0 Å². The van der Waals surface area contributed by atoms with E-state index in [-0.39, 0.29) is 23.2 Å². The molecule has 0 aliphatic heterocycles. The van der Waals surface area contributed by atoms with Crippen LogP contribution in [-0.2, 0) is 4.74 Å². The second-order valence-corrected chi connectivity index (χ2v) is 4.62. The van der Waals surface area contributed by atoms with E-state index in [1.54, 1.807) is 7.11 Å². The van der Waals surface area contributed by atoms with Crippen LogP contribution in [0.5, 0.6) is 0 Å². The highest BCUT2D eigenvalue weighted by molar-refractivity contribution is 6.28. The lowest BCUT2D eigenvalue weighted by Crippen LogP contribution is -2.46. The van der Waals surface area contributed by atoms with Gasteiger partial charge in [-0.2, -0.15) is 4.98 Å². The van der Waals surface area contributed by atoms with Crippen molar-refractivity contribution in [3.05, 3.63) is 17.3 Å². The predicted octanol–water partition coefficient (Wildman–Crippen LogP) is 1.61.